The summed E-state index contributed by atoms with van der Waals surface area (Å²) in [4.78, 5) is 58.5. The average molecular weight is 431 g/mol. The molecule has 0 heterocycles. The molecular formula is C18H34N6O6. The van der Waals surface area contributed by atoms with Crippen LogP contribution >= 0.6 is 0 Å². The van der Waals surface area contributed by atoms with Crippen molar-refractivity contribution < 1.29 is 29.1 Å². The van der Waals surface area contributed by atoms with Gasteiger partial charge in [-0.3, -0.25) is 19.2 Å². The molecule has 12 nitrogen and oxygen atoms in total. The lowest BCUT2D eigenvalue weighted by atomic mass is 10.0. The molecular weight excluding hydrogens is 396 g/mol. The van der Waals surface area contributed by atoms with Crippen molar-refractivity contribution in [2.24, 2.45) is 23.1 Å². The van der Waals surface area contributed by atoms with E-state index >= 15 is 0 Å². The number of carbonyl (C=O) groups excluding carboxylic acids is 4. The number of nitrogens with one attached hydrogen (secondary N) is 3. The molecule has 172 valence electrons. The van der Waals surface area contributed by atoms with Crippen molar-refractivity contribution in [1.82, 2.24) is 16.0 Å². The highest BCUT2D eigenvalue weighted by molar-refractivity contribution is 5.93. The highest BCUT2D eigenvalue weighted by Gasteiger charge is 2.25. The van der Waals surface area contributed by atoms with Crippen LogP contribution in [0.25, 0.3) is 0 Å². The van der Waals surface area contributed by atoms with E-state index in [1.807, 2.05) is 13.8 Å². The molecule has 10 N–H and O–H groups in total. The molecule has 4 amide bonds. The number of nitrogens with two attached hydrogens (primary N) is 3. The van der Waals surface area contributed by atoms with Crippen molar-refractivity contribution in [3.8, 4) is 0 Å². The molecule has 0 rings (SSSR count). The van der Waals surface area contributed by atoms with Crippen molar-refractivity contribution in [2.45, 2.75) is 64.1 Å². The van der Waals surface area contributed by atoms with Crippen LogP contribution in [-0.4, -0.2) is 65.9 Å². The summed E-state index contributed by atoms with van der Waals surface area (Å²) in [6.45, 7) is 3.72. The van der Waals surface area contributed by atoms with Gasteiger partial charge in [0.2, 0.25) is 23.6 Å². The predicted octanol–water partition coefficient (Wildman–Crippen LogP) is -2.47. The third-order valence-electron chi connectivity index (χ3n) is 4.10. The maximum absolute atomic E-state index is 12.5. The Kier molecular flexibility index (Phi) is 13.0. The fourth-order valence-corrected chi connectivity index (χ4v) is 2.59. The zero-order valence-electron chi connectivity index (χ0n) is 17.5. The zero-order chi connectivity index (χ0) is 23.3. The predicted molar refractivity (Wildman–Crippen MR) is 109 cm³/mol. The van der Waals surface area contributed by atoms with Crippen LogP contribution in [0.3, 0.4) is 0 Å². The first-order valence-electron chi connectivity index (χ1n) is 9.82. The normalized spacial score (nSPS) is 13.8. The first kappa shape index (κ1) is 27.3. The Balaban J connectivity index is 4.86. The van der Waals surface area contributed by atoms with Gasteiger partial charge in [0.25, 0.3) is 0 Å². The summed E-state index contributed by atoms with van der Waals surface area (Å²) in [5.41, 5.74) is 16.2. The highest BCUT2D eigenvalue weighted by Crippen LogP contribution is 2.05. The molecule has 0 aliphatic carbocycles. The minimum atomic E-state index is -1.50. The average Bonchev–Trinajstić information content (AvgIpc) is 2.63. The van der Waals surface area contributed by atoms with Gasteiger partial charge in [0, 0.05) is 0 Å². The first-order valence-corrected chi connectivity index (χ1v) is 9.82. The lowest BCUT2D eigenvalue weighted by molar-refractivity contribution is -0.143. The second kappa shape index (κ2) is 14.3. The minimum Gasteiger partial charge on any atom is -0.480 e. The molecule has 12 heteroatoms. The molecule has 0 aliphatic heterocycles. The monoisotopic (exact) mass is 430 g/mol. The molecule has 0 saturated heterocycles. The van der Waals surface area contributed by atoms with Gasteiger partial charge in [0.05, 0.1) is 19.0 Å². The molecule has 0 bridgehead atoms. The number of aliphatic carboxylic acids is 1. The highest BCUT2D eigenvalue weighted by atomic mass is 16.4. The van der Waals surface area contributed by atoms with Gasteiger partial charge < -0.3 is 38.3 Å². The Morgan fingerprint density at radius 2 is 1.60 bits per heavy atom. The van der Waals surface area contributed by atoms with E-state index in [1.165, 1.54) is 0 Å². The molecule has 0 aromatic heterocycles. The summed E-state index contributed by atoms with van der Waals surface area (Å²) in [7, 11) is 0. The Hall–Kier alpha value is -2.73. The van der Waals surface area contributed by atoms with Crippen LogP contribution < -0.4 is 33.2 Å². The van der Waals surface area contributed by atoms with Gasteiger partial charge >= 0.3 is 5.97 Å². The van der Waals surface area contributed by atoms with E-state index in [1.54, 1.807) is 0 Å². The topological polar surface area (TPSA) is 220 Å². The van der Waals surface area contributed by atoms with Crippen LogP contribution in [0.2, 0.25) is 0 Å². The maximum Gasteiger partial charge on any atom is 0.326 e. The summed E-state index contributed by atoms with van der Waals surface area (Å²) in [5.74, 6) is -4.05. The molecule has 0 fully saturated rings. The molecule has 0 spiro atoms. The van der Waals surface area contributed by atoms with Gasteiger partial charge in [-0.1, -0.05) is 13.8 Å². The molecule has 3 unspecified atom stereocenters. The van der Waals surface area contributed by atoms with E-state index in [-0.39, 0.29) is 5.92 Å². The number of carboxylic acid groups (broad SMARTS) is 1. The lowest BCUT2D eigenvalue weighted by Gasteiger charge is -2.21. The van der Waals surface area contributed by atoms with Crippen molar-refractivity contribution in [1.29, 1.82) is 0 Å². The van der Waals surface area contributed by atoms with E-state index in [2.05, 4.69) is 16.0 Å². The summed E-state index contributed by atoms with van der Waals surface area (Å²) < 4.78 is 0. The smallest absolute Gasteiger partial charge is 0.326 e. The standard InChI is InChI=1S/C18H34N6O6/c1-10(2)7-11(20)16(27)24-12(5-3-4-6-19)17(28)22-9-15(26)23-13(18(29)30)8-14(21)25/h10-13H,3-9,19-20H2,1-2H3,(H2,21,25)(H,22,28)(H,23,26)(H,24,27)(H,29,30). The Bertz CT molecular complexity index is 612. The van der Waals surface area contributed by atoms with Gasteiger partial charge in [-0.2, -0.15) is 0 Å². The summed E-state index contributed by atoms with van der Waals surface area (Å²) in [6, 6.07) is -3.19. The molecule has 0 aromatic rings. The van der Waals surface area contributed by atoms with Crippen LogP contribution in [-0.2, 0) is 24.0 Å². The lowest BCUT2D eigenvalue weighted by Crippen LogP contribution is -2.53. The fourth-order valence-electron chi connectivity index (χ4n) is 2.59. The number of unbranched alkanes of at least 4 members (excludes halogenated alkanes) is 1. The molecule has 0 aromatic carbocycles. The third-order valence-corrected chi connectivity index (χ3v) is 4.10. The number of hydrogen-bond acceptors (Lipinski definition) is 7. The van der Waals surface area contributed by atoms with Crippen molar-refractivity contribution in [2.75, 3.05) is 13.1 Å². The summed E-state index contributed by atoms with van der Waals surface area (Å²) in [5, 5.41) is 16.0. The number of amides is 4. The quantitative estimate of drug-likeness (QED) is 0.138. The largest absolute Gasteiger partial charge is 0.480 e. The van der Waals surface area contributed by atoms with Gasteiger partial charge in [-0.15, -0.1) is 0 Å². The van der Waals surface area contributed by atoms with Gasteiger partial charge in [0.1, 0.15) is 12.1 Å². The zero-order valence-corrected chi connectivity index (χ0v) is 17.5. The van der Waals surface area contributed by atoms with Crippen LogP contribution in [0, 0.1) is 5.92 Å². The van der Waals surface area contributed by atoms with Crippen LogP contribution in [0.5, 0.6) is 0 Å². The third kappa shape index (κ3) is 12.0. The Labute approximate surface area is 175 Å². The SMILES string of the molecule is CC(C)CC(N)C(=O)NC(CCCCN)C(=O)NCC(=O)NC(CC(N)=O)C(=O)O. The van der Waals surface area contributed by atoms with E-state index in [0.717, 1.165) is 0 Å². The van der Waals surface area contributed by atoms with Crippen LogP contribution in [0.4, 0.5) is 0 Å². The van der Waals surface area contributed by atoms with E-state index in [0.29, 0.717) is 32.2 Å². The van der Waals surface area contributed by atoms with Crippen LogP contribution in [0.1, 0.15) is 46.0 Å². The Morgan fingerprint density at radius 3 is 2.10 bits per heavy atom. The van der Waals surface area contributed by atoms with Crippen molar-refractivity contribution in [3.63, 3.8) is 0 Å². The fraction of sp³-hybridized carbons (Fsp3) is 0.722. The summed E-state index contributed by atoms with van der Waals surface area (Å²) in [6.07, 6.45) is 1.37. The molecule has 0 aliphatic rings. The number of rotatable bonds is 15. The number of carbonyl (C=O) groups is 5. The first-order chi connectivity index (χ1) is 14.0. The number of primary amides is 1. The van der Waals surface area contributed by atoms with Crippen molar-refractivity contribution >= 4 is 29.6 Å². The number of carboxylic acids is 1. The van der Waals surface area contributed by atoms with E-state index in [4.69, 9.17) is 22.3 Å². The van der Waals surface area contributed by atoms with E-state index in [9.17, 15) is 24.0 Å². The van der Waals surface area contributed by atoms with E-state index < -0.39 is 60.7 Å². The van der Waals surface area contributed by atoms with Gasteiger partial charge in [0.15, 0.2) is 0 Å². The maximum atomic E-state index is 12.5. The number of hydrogen-bond donors (Lipinski definition) is 7. The molecule has 3 atom stereocenters. The minimum absolute atomic E-state index is 0.196. The second-order valence-electron chi connectivity index (χ2n) is 7.43. The second-order valence-corrected chi connectivity index (χ2v) is 7.43. The molecule has 0 saturated carbocycles. The Morgan fingerprint density at radius 1 is 0.967 bits per heavy atom. The van der Waals surface area contributed by atoms with Gasteiger partial charge in [-0.05, 0) is 38.1 Å². The van der Waals surface area contributed by atoms with Crippen molar-refractivity contribution in [3.05, 3.63) is 0 Å². The molecule has 30 heavy (non-hydrogen) atoms. The molecule has 0 radical (unpaired) electrons. The van der Waals surface area contributed by atoms with Crippen LogP contribution in [0.15, 0.2) is 0 Å². The summed E-state index contributed by atoms with van der Waals surface area (Å²) >= 11 is 0. The van der Waals surface area contributed by atoms with Gasteiger partial charge in [-0.25, -0.2) is 4.79 Å².